The third kappa shape index (κ3) is 2.07. The molecule has 0 radical (unpaired) electrons. The molecule has 0 saturated heterocycles. The van der Waals surface area contributed by atoms with Crippen LogP contribution in [0.5, 0.6) is 0 Å². The van der Waals surface area contributed by atoms with Gasteiger partial charge in [0, 0.05) is 10.3 Å². The molecule has 1 aliphatic carbocycles. The number of thioether (sulfide) groups is 1. The molecule has 16 heavy (non-hydrogen) atoms. The first kappa shape index (κ1) is 11.5. The SMILES string of the molecule is CSc1ccc(C2(CC(=O)O)CC2)c(F)c1. The Labute approximate surface area is 97.9 Å². The molecule has 1 saturated carbocycles. The number of aliphatic carboxylic acids is 1. The van der Waals surface area contributed by atoms with Gasteiger partial charge in [-0.25, -0.2) is 4.39 Å². The van der Waals surface area contributed by atoms with Crippen molar-refractivity contribution in [2.75, 3.05) is 6.26 Å². The lowest BCUT2D eigenvalue weighted by atomic mass is 9.92. The fourth-order valence-electron chi connectivity index (χ4n) is 2.03. The molecule has 0 unspecified atom stereocenters. The van der Waals surface area contributed by atoms with E-state index >= 15 is 0 Å². The molecule has 0 amide bonds. The maximum Gasteiger partial charge on any atom is 0.304 e. The van der Waals surface area contributed by atoms with Gasteiger partial charge in [-0.2, -0.15) is 0 Å². The highest BCUT2D eigenvalue weighted by Crippen LogP contribution is 2.52. The summed E-state index contributed by atoms with van der Waals surface area (Å²) in [6.07, 6.45) is 3.46. The Bertz CT molecular complexity index is 427. The fourth-order valence-corrected chi connectivity index (χ4v) is 2.46. The molecular formula is C12H13FO2S. The van der Waals surface area contributed by atoms with Crippen molar-refractivity contribution in [2.24, 2.45) is 0 Å². The van der Waals surface area contributed by atoms with E-state index in [4.69, 9.17) is 5.11 Å². The predicted octanol–water partition coefficient (Wildman–Crippen LogP) is 3.05. The number of halogens is 1. The molecule has 86 valence electrons. The van der Waals surface area contributed by atoms with Gasteiger partial charge < -0.3 is 5.11 Å². The van der Waals surface area contributed by atoms with Crippen LogP contribution in [0.15, 0.2) is 23.1 Å². The number of benzene rings is 1. The quantitative estimate of drug-likeness (QED) is 0.822. The average Bonchev–Trinajstić information content (AvgIpc) is 2.97. The first-order valence-electron chi connectivity index (χ1n) is 5.13. The van der Waals surface area contributed by atoms with Gasteiger partial charge >= 0.3 is 5.97 Å². The van der Waals surface area contributed by atoms with E-state index in [1.807, 2.05) is 12.3 Å². The van der Waals surface area contributed by atoms with Gasteiger partial charge in [0.15, 0.2) is 0 Å². The predicted molar refractivity (Wildman–Crippen MR) is 61.3 cm³/mol. The summed E-state index contributed by atoms with van der Waals surface area (Å²) in [5.41, 5.74) is 0.125. The van der Waals surface area contributed by atoms with Gasteiger partial charge in [0.2, 0.25) is 0 Å². The molecule has 1 aromatic rings. The number of rotatable bonds is 4. The monoisotopic (exact) mass is 240 g/mol. The van der Waals surface area contributed by atoms with Crippen LogP contribution < -0.4 is 0 Å². The largest absolute Gasteiger partial charge is 0.481 e. The second-order valence-corrected chi connectivity index (χ2v) is 5.08. The number of carboxylic acids is 1. The second-order valence-electron chi connectivity index (χ2n) is 4.20. The molecule has 0 aromatic heterocycles. The van der Waals surface area contributed by atoms with Crippen LogP contribution in [-0.2, 0) is 10.2 Å². The third-order valence-electron chi connectivity index (χ3n) is 3.09. The van der Waals surface area contributed by atoms with E-state index in [0.717, 1.165) is 17.7 Å². The second kappa shape index (κ2) is 4.09. The van der Waals surface area contributed by atoms with E-state index in [0.29, 0.717) is 5.56 Å². The number of hydrogen-bond donors (Lipinski definition) is 1. The minimum atomic E-state index is -0.856. The minimum absolute atomic E-state index is 0.0303. The third-order valence-corrected chi connectivity index (χ3v) is 3.82. The molecule has 0 aliphatic heterocycles. The molecular weight excluding hydrogens is 227 g/mol. The van der Waals surface area contributed by atoms with E-state index in [1.54, 1.807) is 6.07 Å². The summed E-state index contributed by atoms with van der Waals surface area (Å²) in [4.78, 5) is 11.6. The van der Waals surface area contributed by atoms with Crippen LogP contribution in [-0.4, -0.2) is 17.3 Å². The minimum Gasteiger partial charge on any atom is -0.481 e. The van der Waals surface area contributed by atoms with Gasteiger partial charge in [-0.1, -0.05) is 6.07 Å². The Balaban J connectivity index is 2.30. The smallest absolute Gasteiger partial charge is 0.304 e. The number of carboxylic acid groups (broad SMARTS) is 1. The Morgan fingerprint density at radius 2 is 2.25 bits per heavy atom. The zero-order chi connectivity index (χ0) is 11.8. The van der Waals surface area contributed by atoms with Crippen molar-refractivity contribution in [3.8, 4) is 0 Å². The summed E-state index contributed by atoms with van der Waals surface area (Å²) in [7, 11) is 0. The molecule has 0 atom stereocenters. The maximum atomic E-state index is 13.8. The molecule has 2 rings (SSSR count). The van der Waals surface area contributed by atoms with E-state index in [1.165, 1.54) is 17.8 Å². The van der Waals surface area contributed by atoms with Gasteiger partial charge in [0.05, 0.1) is 6.42 Å². The molecule has 0 bridgehead atoms. The Morgan fingerprint density at radius 3 is 2.69 bits per heavy atom. The van der Waals surface area contributed by atoms with Crippen LogP contribution in [0.2, 0.25) is 0 Å². The van der Waals surface area contributed by atoms with Crippen LogP contribution in [0.25, 0.3) is 0 Å². The molecule has 1 aliphatic rings. The molecule has 0 spiro atoms. The van der Waals surface area contributed by atoms with Crippen molar-refractivity contribution in [3.05, 3.63) is 29.6 Å². The van der Waals surface area contributed by atoms with Crippen LogP contribution in [0.1, 0.15) is 24.8 Å². The van der Waals surface area contributed by atoms with Crippen molar-refractivity contribution in [2.45, 2.75) is 29.6 Å². The Morgan fingerprint density at radius 1 is 1.56 bits per heavy atom. The lowest BCUT2D eigenvalue weighted by Crippen LogP contribution is -2.14. The molecule has 0 heterocycles. The molecule has 4 heteroatoms. The normalized spacial score (nSPS) is 17.1. The highest BCUT2D eigenvalue weighted by molar-refractivity contribution is 7.98. The summed E-state index contributed by atoms with van der Waals surface area (Å²) in [6, 6.07) is 5.07. The van der Waals surface area contributed by atoms with Crippen molar-refractivity contribution >= 4 is 17.7 Å². The van der Waals surface area contributed by atoms with Crippen LogP contribution in [0.3, 0.4) is 0 Å². The molecule has 1 aromatic carbocycles. The number of hydrogen-bond acceptors (Lipinski definition) is 2. The van der Waals surface area contributed by atoms with Crippen molar-refractivity contribution in [3.63, 3.8) is 0 Å². The van der Waals surface area contributed by atoms with Crippen molar-refractivity contribution in [1.29, 1.82) is 0 Å². The summed E-state index contributed by atoms with van der Waals surface area (Å²) in [5.74, 6) is -1.13. The van der Waals surface area contributed by atoms with E-state index in [-0.39, 0.29) is 12.2 Å². The van der Waals surface area contributed by atoms with Crippen molar-refractivity contribution in [1.82, 2.24) is 0 Å². The first-order valence-corrected chi connectivity index (χ1v) is 6.36. The summed E-state index contributed by atoms with van der Waals surface area (Å²) in [6.45, 7) is 0. The Kier molecular flexibility index (Phi) is 2.93. The lowest BCUT2D eigenvalue weighted by molar-refractivity contribution is -0.137. The standard InChI is InChI=1S/C12H13FO2S/c1-16-8-2-3-9(10(13)6-8)12(4-5-12)7-11(14)15/h2-3,6H,4-5,7H2,1H3,(H,14,15). The number of carbonyl (C=O) groups is 1. The molecule has 1 N–H and O–H groups in total. The van der Waals surface area contributed by atoms with Gasteiger partial charge in [-0.3, -0.25) is 4.79 Å². The molecule has 2 nitrogen and oxygen atoms in total. The zero-order valence-corrected chi connectivity index (χ0v) is 9.81. The molecule has 1 fully saturated rings. The van der Waals surface area contributed by atoms with Crippen LogP contribution in [0.4, 0.5) is 4.39 Å². The first-order chi connectivity index (χ1) is 7.57. The van der Waals surface area contributed by atoms with Crippen LogP contribution >= 0.6 is 11.8 Å². The van der Waals surface area contributed by atoms with Gasteiger partial charge in [0.1, 0.15) is 5.82 Å². The Hall–Kier alpha value is -1.03. The van der Waals surface area contributed by atoms with E-state index in [9.17, 15) is 9.18 Å². The van der Waals surface area contributed by atoms with Gasteiger partial charge in [-0.05, 0) is 36.8 Å². The van der Waals surface area contributed by atoms with E-state index in [2.05, 4.69) is 0 Å². The maximum absolute atomic E-state index is 13.8. The fraction of sp³-hybridized carbons (Fsp3) is 0.417. The van der Waals surface area contributed by atoms with E-state index < -0.39 is 11.4 Å². The lowest BCUT2D eigenvalue weighted by Gasteiger charge is -2.14. The highest BCUT2D eigenvalue weighted by atomic mass is 32.2. The van der Waals surface area contributed by atoms with Crippen molar-refractivity contribution < 1.29 is 14.3 Å². The zero-order valence-electron chi connectivity index (χ0n) is 9.00. The van der Waals surface area contributed by atoms with Gasteiger partial charge in [0.25, 0.3) is 0 Å². The van der Waals surface area contributed by atoms with Gasteiger partial charge in [-0.15, -0.1) is 11.8 Å². The van der Waals surface area contributed by atoms with Crippen LogP contribution in [0, 0.1) is 5.82 Å². The topological polar surface area (TPSA) is 37.3 Å². The summed E-state index contributed by atoms with van der Waals surface area (Å²) in [5, 5.41) is 8.82. The highest BCUT2D eigenvalue weighted by Gasteiger charge is 2.47. The summed E-state index contributed by atoms with van der Waals surface area (Å²) < 4.78 is 13.8. The average molecular weight is 240 g/mol. The summed E-state index contributed by atoms with van der Waals surface area (Å²) >= 11 is 1.48.